The summed E-state index contributed by atoms with van der Waals surface area (Å²) in [6.07, 6.45) is 10.5. The largest absolute Gasteiger partial charge is 0.325 e. The lowest BCUT2D eigenvalue weighted by atomic mass is 9.88. The summed E-state index contributed by atoms with van der Waals surface area (Å²) in [6, 6.07) is 0. The second kappa shape index (κ2) is 4.41. The van der Waals surface area contributed by atoms with E-state index >= 15 is 0 Å². The van der Waals surface area contributed by atoms with Crippen LogP contribution >= 0.6 is 11.3 Å². The highest BCUT2D eigenvalue weighted by Gasteiger charge is 2.27. The third-order valence-electron chi connectivity index (χ3n) is 3.09. The van der Waals surface area contributed by atoms with Gasteiger partial charge in [0.2, 0.25) is 0 Å². The highest BCUT2D eigenvalue weighted by Crippen LogP contribution is 2.28. The van der Waals surface area contributed by atoms with Gasteiger partial charge in [-0.05, 0) is 12.8 Å². The van der Waals surface area contributed by atoms with E-state index in [4.69, 9.17) is 5.73 Å². The van der Waals surface area contributed by atoms with Gasteiger partial charge in [0.1, 0.15) is 0 Å². The first kappa shape index (κ1) is 10.1. The van der Waals surface area contributed by atoms with Gasteiger partial charge in [0, 0.05) is 23.5 Å². The fourth-order valence-electron chi connectivity index (χ4n) is 2.25. The van der Waals surface area contributed by atoms with Crippen LogP contribution in [-0.2, 0) is 6.42 Å². The van der Waals surface area contributed by atoms with Gasteiger partial charge >= 0.3 is 0 Å². The highest BCUT2D eigenvalue weighted by molar-refractivity contribution is 7.09. The van der Waals surface area contributed by atoms with E-state index in [1.165, 1.54) is 43.5 Å². The maximum atomic E-state index is 6.42. The van der Waals surface area contributed by atoms with Crippen molar-refractivity contribution >= 4 is 11.3 Å². The van der Waals surface area contributed by atoms with Crippen molar-refractivity contribution in [2.24, 2.45) is 5.73 Å². The van der Waals surface area contributed by atoms with E-state index in [2.05, 4.69) is 4.98 Å². The zero-order valence-corrected chi connectivity index (χ0v) is 9.35. The minimum Gasteiger partial charge on any atom is -0.325 e. The molecule has 1 saturated carbocycles. The number of hydrogen-bond donors (Lipinski definition) is 1. The molecule has 0 radical (unpaired) electrons. The predicted octanol–water partition coefficient (Wildman–Crippen LogP) is 2.74. The molecule has 2 N–H and O–H groups in total. The molecule has 0 atom stereocenters. The second-order valence-electron chi connectivity index (χ2n) is 4.38. The minimum absolute atomic E-state index is 0.0361. The molecular weight excluding hydrogens is 192 g/mol. The van der Waals surface area contributed by atoms with Crippen molar-refractivity contribution in [1.82, 2.24) is 4.98 Å². The average Bonchev–Trinajstić information content (AvgIpc) is 2.55. The fraction of sp³-hybridized carbons (Fsp3) is 0.727. The summed E-state index contributed by atoms with van der Waals surface area (Å²) >= 11 is 1.73. The number of aromatic nitrogens is 1. The van der Waals surface area contributed by atoms with Crippen LogP contribution in [-0.4, -0.2) is 10.5 Å². The lowest BCUT2D eigenvalue weighted by Crippen LogP contribution is -2.41. The van der Waals surface area contributed by atoms with Gasteiger partial charge in [0.05, 0.1) is 5.01 Å². The number of thiazole rings is 1. The quantitative estimate of drug-likeness (QED) is 0.762. The predicted molar refractivity (Wildman–Crippen MR) is 60.4 cm³/mol. The van der Waals surface area contributed by atoms with Crippen molar-refractivity contribution < 1.29 is 0 Å². The van der Waals surface area contributed by atoms with Crippen LogP contribution in [0.4, 0.5) is 0 Å². The summed E-state index contributed by atoms with van der Waals surface area (Å²) in [5, 5.41) is 3.24. The summed E-state index contributed by atoms with van der Waals surface area (Å²) in [5.41, 5.74) is 6.45. The van der Waals surface area contributed by atoms with Gasteiger partial charge in [-0.25, -0.2) is 4.98 Å². The van der Waals surface area contributed by atoms with Crippen molar-refractivity contribution in [3.8, 4) is 0 Å². The molecule has 0 saturated heterocycles. The first-order chi connectivity index (χ1) is 6.79. The van der Waals surface area contributed by atoms with Gasteiger partial charge in [-0.2, -0.15) is 0 Å². The Bertz CT molecular complexity index is 261. The molecule has 14 heavy (non-hydrogen) atoms. The number of rotatable bonds is 2. The molecule has 0 unspecified atom stereocenters. The number of hydrogen-bond acceptors (Lipinski definition) is 3. The zero-order chi connectivity index (χ0) is 9.86. The van der Waals surface area contributed by atoms with Gasteiger partial charge in [0.15, 0.2) is 0 Å². The monoisotopic (exact) mass is 210 g/mol. The van der Waals surface area contributed by atoms with E-state index in [-0.39, 0.29) is 5.54 Å². The first-order valence-corrected chi connectivity index (χ1v) is 6.34. The standard InChI is InChI=1S/C11H18N2S/c12-11(5-3-1-2-4-6-11)9-10-13-7-8-14-10/h7-8H,1-6,9,12H2. The highest BCUT2D eigenvalue weighted by atomic mass is 32.1. The molecular formula is C11H18N2S. The Balaban J connectivity index is 1.99. The molecule has 0 bridgehead atoms. The smallest absolute Gasteiger partial charge is 0.0943 e. The molecule has 0 spiro atoms. The Morgan fingerprint density at radius 2 is 2.00 bits per heavy atom. The van der Waals surface area contributed by atoms with Crippen molar-refractivity contribution in [3.05, 3.63) is 16.6 Å². The molecule has 1 aliphatic rings. The van der Waals surface area contributed by atoms with Crippen LogP contribution in [0.25, 0.3) is 0 Å². The zero-order valence-electron chi connectivity index (χ0n) is 8.54. The SMILES string of the molecule is NC1(Cc2nccs2)CCCCCC1. The van der Waals surface area contributed by atoms with Crippen LogP contribution in [0.3, 0.4) is 0 Å². The molecule has 3 heteroatoms. The molecule has 1 aliphatic carbocycles. The van der Waals surface area contributed by atoms with Crippen molar-refractivity contribution in [1.29, 1.82) is 0 Å². The molecule has 2 nitrogen and oxygen atoms in total. The lowest BCUT2D eigenvalue weighted by molar-refractivity contribution is 0.369. The molecule has 1 heterocycles. The van der Waals surface area contributed by atoms with E-state index in [0.29, 0.717) is 0 Å². The van der Waals surface area contributed by atoms with Gasteiger partial charge in [-0.3, -0.25) is 0 Å². The van der Waals surface area contributed by atoms with Crippen LogP contribution in [0.5, 0.6) is 0 Å². The van der Waals surface area contributed by atoms with Crippen LogP contribution < -0.4 is 5.73 Å². The maximum absolute atomic E-state index is 6.42. The lowest BCUT2D eigenvalue weighted by Gasteiger charge is -2.26. The Morgan fingerprint density at radius 3 is 2.57 bits per heavy atom. The normalized spacial score (nSPS) is 21.8. The molecule has 0 aliphatic heterocycles. The summed E-state index contributed by atoms with van der Waals surface area (Å²) in [7, 11) is 0. The van der Waals surface area contributed by atoms with E-state index in [9.17, 15) is 0 Å². The topological polar surface area (TPSA) is 38.9 Å². The average molecular weight is 210 g/mol. The Morgan fingerprint density at radius 1 is 1.29 bits per heavy atom. The second-order valence-corrected chi connectivity index (χ2v) is 5.36. The minimum atomic E-state index is 0.0361. The molecule has 0 amide bonds. The third-order valence-corrected chi connectivity index (χ3v) is 3.87. The van der Waals surface area contributed by atoms with Gasteiger partial charge in [-0.15, -0.1) is 11.3 Å². The maximum Gasteiger partial charge on any atom is 0.0943 e. The van der Waals surface area contributed by atoms with Crippen molar-refractivity contribution in [3.63, 3.8) is 0 Å². The van der Waals surface area contributed by atoms with Crippen LogP contribution in [0, 0.1) is 0 Å². The molecule has 1 fully saturated rings. The van der Waals surface area contributed by atoms with E-state index in [0.717, 1.165) is 6.42 Å². The van der Waals surface area contributed by atoms with Crippen LogP contribution in [0.15, 0.2) is 11.6 Å². The van der Waals surface area contributed by atoms with Crippen molar-refractivity contribution in [2.45, 2.75) is 50.5 Å². The molecule has 2 rings (SSSR count). The fourth-order valence-corrected chi connectivity index (χ4v) is 3.02. The van der Waals surface area contributed by atoms with E-state index in [1.54, 1.807) is 11.3 Å². The summed E-state index contributed by atoms with van der Waals surface area (Å²) in [5.74, 6) is 0. The van der Waals surface area contributed by atoms with E-state index < -0.39 is 0 Å². The Labute approximate surface area is 89.5 Å². The van der Waals surface area contributed by atoms with Gasteiger partial charge in [-0.1, -0.05) is 25.7 Å². The molecule has 1 aromatic heterocycles. The Hall–Kier alpha value is -0.410. The summed E-state index contributed by atoms with van der Waals surface area (Å²) < 4.78 is 0. The number of nitrogens with zero attached hydrogens (tertiary/aromatic N) is 1. The molecule has 0 aromatic carbocycles. The summed E-state index contributed by atoms with van der Waals surface area (Å²) in [6.45, 7) is 0. The Kier molecular flexibility index (Phi) is 3.19. The van der Waals surface area contributed by atoms with Crippen LogP contribution in [0.1, 0.15) is 43.5 Å². The first-order valence-electron chi connectivity index (χ1n) is 5.46. The third kappa shape index (κ3) is 2.55. The van der Waals surface area contributed by atoms with Gasteiger partial charge < -0.3 is 5.73 Å². The summed E-state index contributed by atoms with van der Waals surface area (Å²) in [4.78, 5) is 4.32. The number of nitrogens with two attached hydrogens (primary N) is 1. The van der Waals surface area contributed by atoms with Gasteiger partial charge in [0.25, 0.3) is 0 Å². The van der Waals surface area contributed by atoms with E-state index in [1.807, 2.05) is 11.6 Å². The van der Waals surface area contributed by atoms with Crippen LogP contribution in [0.2, 0.25) is 0 Å². The van der Waals surface area contributed by atoms with Crippen molar-refractivity contribution in [2.75, 3.05) is 0 Å². The molecule has 1 aromatic rings. The molecule has 78 valence electrons.